The molecule has 0 aliphatic rings. The van der Waals surface area contributed by atoms with Gasteiger partial charge in [-0.2, -0.15) is 0 Å². The predicted molar refractivity (Wildman–Crippen MR) is 440 cm³/mol. The van der Waals surface area contributed by atoms with Gasteiger partial charge in [0.2, 0.25) is 0 Å². The molecular formula is C98H62N4S2. The molecule has 0 saturated heterocycles. The molecule has 0 saturated carbocycles. The Morgan fingerprint density at radius 2 is 0.394 bits per heavy atom. The van der Waals surface area contributed by atoms with Crippen molar-refractivity contribution in [2.45, 2.75) is 0 Å². The van der Waals surface area contributed by atoms with Crippen LogP contribution in [0.25, 0.3) is 197 Å². The maximum Gasteiger partial charge on any atom is 0.160 e. The lowest BCUT2D eigenvalue weighted by Crippen LogP contribution is -1.94. The van der Waals surface area contributed by atoms with Crippen LogP contribution >= 0.6 is 22.7 Å². The van der Waals surface area contributed by atoms with Gasteiger partial charge in [-0.25, -0.2) is 19.9 Å². The number of nitrogens with zero attached hydrogens (tertiary/aromatic N) is 4. The molecule has 0 atom stereocenters. The zero-order chi connectivity index (χ0) is 68.9. The van der Waals surface area contributed by atoms with Gasteiger partial charge in [0.15, 0.2) is 11.6 Å². The molecule has 0 aliphatic heterocycles. The van der Waals surface area contributed by atoms with E-state index in [1.54, 1.807) is 22.7 Å². The lowest BCUT2D eigenvalue weighted by molar-refractivity contribution is 1.24. The number of fused-ring (bicyclic) bond motifs is 6. The van der Waals surface area contributed by atoms with E-state index in [0.29, 0.717) is 11.6 Å². The van der Waals surface area contributed by atoms with Crippen molar-refractivity contribution in [2.24, 2.45) is 0 Å². The monoisotopic (exact) mass is 1360 g/mol. The summed E-state index contributed by atoms with van der Waals surface area (Å²) in [6, 6.07) is 135. The van der Waals surface area contributed by atoms with Crippen molar-refractivity contribution in [2.75, 3.05) is 0 Å². The minimum absolute atomic E-state index is 0.689. The summed E-state index contributed by atoms with van der Waals surface area (Å²) in [6.07, 6.45) is 0. The Hall–Kier alpha value is -13.1. The third-order valence-electron chi connectivity index (χ3n) is 19.9. The van der Waals surface area contributed by atoms with Gasteiger partial charge in [-0.05, 0) is 178 Å². The van der Waals surface area contributed by atoms with E-state index < -0.39 is 0 Å². The Balaban J connectivity index is 0.627. The lowest BCUT2D eigenvalue weighted by atomic mass is 9.94. The Morgan fingerprint density at radius 3 is 0.788 bits per heavy atom. The molecule has 0 unspecified atom stereocenters. The number of hydrogen-bond donors (Lipinski definition) is 0. The van der Waals surface area contributed by atoms with Crippen LogP contribution in [0.4, 0.5) is 0 Å². The van der Waals surface area contributed by atoms with Crippen molar-refractivity contribution in [1.29, 1.82) is 0 Å². The Kier molecular flexibility index (Phi) is 15.9. The highest BCUT2D eigenvalue weighted by Crippen LogP contribution is 2.45. The van der Waals surface area contributed by atoms with Crippen LogP contribution in [0.5, 0.6) is 0 Å². The zero-order valence-electron chi connectivity index (χ0n) is 56.4. The maximum atomic E-state index is 5.50. The van der Waals surface area contributed by atoms with Gasteiger partial charge in [0.1, 0.15) is 0 Å². The summed E-state index contributed by atoms with van der Waals surface area (Å²) in [6.45, 7) is 0. The first kappa shape index (κ1) is 61.9. The molecule has 104 heavy (non-hydrogen) atoms. The molecule has 4 aromatic heterocycles. The number of benzene rings is 15. The minimum Gasteiger partial charge on any atom is -0.226 e. The van der Waals surface area contributed by atoms with Gasteiger partial charge in [0, 0.05) is 42.4 Å². The second kappa shape index (κ2) is 26.8. The Morgan fingerprint density at radius 1 is 0.154 bits per heavy atom. The summed E-state index contributed by atoms with van der Waals surface area (Å²) < 4.78 is 4.49. The highest BCUT2D eigenvalue weighted by molar-refractivity contribution is 7.26. The molecule has 4 nitrogen and oxygen atoms in total. The zero-order valence-corrected chi connectivity index (χ0v) is 58.0. The molecular weight excluding hydrogens is 1300 g/mol. The van der Waals surface area contributed by atoms with E-state index in [4.69, 9.17) is 19.9 Å². The van der Waals surface area contributed by atoms with Gasteiger partial charge in [-0.15, -0.1) is 22.7 Å². The molecule has 6 heteroatoms. The van der Waals surface area contributed by atoms with Crippen LogP contribution in [0.3, 0.4) is 0 Å². The number of thiophene rings is 2. The first-order valence-electron chi connectivity index (χ1n) is 35.1. The molecule has 0 radical (unpaired) electrons. The SMILES string of the molecule is c1ccc(-c2ccc(-c3nc(-c4cccc(-c5cccc(-c6cccc(-c7ccccc7)c6)c5)c4)nc4c3sc3cc(-c5cccc(-c6cccc(-c7cccc(-c8cccc(-c9nc(-c%10cccc(-c%11cccc(-c%12ccccc%12)c%11)c%10)c%10sc%11ccccc%11c%10n9)c8)c7)c6)c5)ccc34)cc2)cc1. The third-order valence-corrected chi connectivity index (χ3v) is 22.2. The summed E-state index contributed by atoms with van der Waals surface area (Å²) in [5, 5.41) is 2.24. The lowest BCUT2D eigenvalue weighted by Gasteiger charge is -2.12. The van der Waals surface area contributed by atoms with Gasteiger partial charge in [-0.1, -0.05) is 309 Å². The van der Waals surface area contributed by atoms with Gasteiger partial charge < -0.3 is 0 Å². The Labute approximate surface area is 611 Å². The second-order valence-corrected chi connectivity index (χ2v) is 28.6. The molecule has 4 heterocycles. The molecule has 19 aromatic rings. The van der Waals surface area contributed by atoms with Crippen LogP contribution in [0.1, 0.15) is 0 Å². The summed E-state index contributed by atoms with van der Waals surface area (Å²) in [5.74, 6) is 1.38. The van der Waals surface area contributed by atoms with Gasteiger partial charge in [-0.3, -0.25) is 0 Å². The first-order valence-corrected chi connectivity index (χ1v) is 36.7. The van der Waals surface area contributed by atoms with E-state index in [-0.39, 0.29) is 0 Å². The van der Waals surface area contributed by atoms with Crippen molar-refractivity contribution < 1.29 is 0 Å². The summed E-state index contributed by atoms with van der Waals surface area (Å²) in [7, 11) is 0. The number of aromatic nitrogens is 4. The Bertz CT molecular complexity index is 6480. The van der Waals surface area contributed by atoms with Gasteiger partial charge in [0.05, 0.1) is 31.8 Å². The van der Waals surface area contributed by atoms with Crippen LogP contribution in [-0.4, -0.2) is 19.9 Å². The van der Waals surface area contributed by atoms with E-state index in [2.05, 4.69) is 376 Å². The average Bonchev–Trinajstić information content (AvgIpc) is 1.58. The van der Waals surface area contributed by atoms with Crippen molar-refractivity contribution in [3.8, 4) is 157 Å². The quantitative estimate of drug-likeness (QED) is 0.109. The van der Waals surface area contributed by atoms with Crippen LogP contribution in [0.2, 0.25) is 0 Å². The van der Waals surface area contributed by atoms with Crippen molar-refractivity contribution in [1.82, 2.24) is 19.9 Å². The predicted octanol–water partition coefficient (Wildman–Crippen LogP) is 27.3. The van der Waals surface area contributed by atoms with E-state index in [0.717, 1.165) is 147 Å². The topological polar surface area (TPSA) is 51.6 Å². The number of hydrogen-bond acceptors (Lipinski definition) is 6. The van der Waals surface area contributed by atoms with Crippen molar-refractivity contribution in [3.63, 3.8) is 0 Å². The van der Waals surface area contributed by atoms with Crippen LogP contribution in [-0.2, 0) is 0 Å². The average molecular weight is 1360 g/mol. The molecule has 0 fully saturated rings. The smallest absolute Gasteiger partial charge is 0.160 e. The standard InChI is InChI=1S/C98H62N4S2/c1-4-21-63(22-5-1)66-47-49-67(50-48-66)91-95-94(102-97(99-91)85-43-19-40-81(60-85)77-36-15-31-72(56-77)70-29-12-27-68(53-70)64-23-6-2-7-24-64)88-52-51-83(62-90(88)104-95)79-38-17-35-76(58-79)74-33-14-32-73(55-74)75-34-16-37-78(57-75)82-41-20-44-86(61-82)98-100-92(96-93(101-98)87-45-10-11-46-89(87)103-96)84-42-18-39-80(59-84)71-30-13-28-69(54-71)65-25-8-3-9-26-65/h1-62H. The van der Waals surface area contributed by atoms with Crippen LogP contribution in [0.15, 0.2) is 376 Å². The summed E-state index contributed by atoms with van der Waals surface area (Å²) in [4.78, 5) is 21.9. The van der Waals surface area contributed by atoms with Gasteiger partial charge >= 0.3 is 0 Å². The molecule has 0 bridgehead atoms. The highest BCUT2D eigenvalue weighted by Gasteiger charge is 2.21. The van der Waals surface area contributed by atoms with Crippen molar-refractivity contribution >= 4 is 63.3 Å². The second-order valence-electron chi connectivity index (χ2n) is 26.5. The largest absolute Gasteiger partial charge is 0.226 e. The maximum absolute atomic E-state index is 5.50. The molecule has 15 aromatic carbocycles. The van der Waals surface area contributed by atoms with E-state index in [1.807, 2.05) is 0 Å². The third kappa shape index (κ3) is 12.0. The van der Waals surface area contributed by atoms with E-state index in [9.17, 15) is 0 Å². The van der Waals surface area contributed by atoms with Gasteiger partial charge in [0.25, 0.3) is 0 Å². The minimum atomic E-state index is 0.689. The van der Waals surface area contributed by atoms with Crippen LogP contribution in [0, 0.1) is 0 Å². The van der Waals surface area contributed by atoms with E-state index >= 15 is 0 Å². The fraction of sp³-hybridized carbons (Fsp3) is 0. The molecule has 486 valence electrons. The highest BCUT2D eigenvalue weighted by atomic mass is 32.1. The summed E-state index contributed by atoms with van der Waals surface area (Å²) >= 11 is 3.52. The molecule has 0 N–H and O–H groups in total. The first-order chi connectivity index (χ1) is 51.5. The molecule has 19 rings (SSSR count). The molecule has 0 spiro atoms. The molecule has 0 aliphatic carbocycles. The molecule has 0 amide bonds. The van der Waals surface area contributed by atoms with Crippen molar-refractivity contribution in [3.05, 3.63) is 376 Å². The fourth-order valence-corrected chi connectivity index (χ4v) is 16.9. The fourth-order valence-electron chi connectivity index (χ4n) is 14.6. The summed E-state index contributed by atoms with van der Waals surface area (Å²) in [5.41, 5.74) is 30.8. The van der Waals surface area contributed by atoms with Crippen LogP contribution < -0.4 is 0 Å². The normalized spacial score (nSPS) is 11.5. The van der Waals surface area contributed by atoms with E-state index in [1.165, 1.54) is 38.1 Å². The number of rotatable bonds is 14.